The van der Waals surface area contributed by atoms with E-state index in [9.17, 15) is 14.7 Å². The third kappa shape index (κ3) is 3.12. The topological polar surface area (TPSA) is 108 Å². The Bertz CT molecular complexity index is 1370. The highest BCUT2D eigenvalue weighted by atomic mass is 32.1. The minimum Gasteiger partial charge on any atom is -0.505 e. The zero-order valence-corrected chi connectivity index (χ0v) is 17.6. The zero-order chi connectivity index (χ0) is 21.9. The zero-order valence-electron chi connectivity index (χ0n) is 16.8. The maximum atomic E-state index is 15.3. The number of ketones is 1. The van der Waals surface area contributed by atoms with Gasteiger partial charge in [0.1, 0.15) is 5.82 Å². The maximum Gasteiger partial charge on any atom is 0.200 e. The van der Waals surface area contributed by atoms with E-state index in [1.54, 1.807) is 4.57 Å². The summed E-state index contributed by atoms with van der Waals surface area (Å²) in [6, 6.07) is 2.74. The van der Waals surface area contributed by atoms with Crippen LogP contribution in [0.1, 0.15) is 65.5 Å². The lowest BCUT2D eigenvalue weighted by Gasteiger charge is -2.17. The molecule has 1 N–H and O–H groups in total. The molecule has 1 fully saturated rings. The van der Waals surface area contributed by atoms with Gasteiger partial charge in [0.05, 0.1) is 28.1 Å². The van der Waals surface area contributed by atoms with Crippen LogP contribution in [0.3, 0.4) is 0 Å². The number of aromatic hydroxyl groups is 1. The summed E-state index contributed by atoms with van der Waals surface area (Å²) < 4.78 is 17.0. The lowest BCUT2D eigenvalue weighted by molar-refractivity contribution is 0.101. The van der Waals surface area contributed by atoms with Crippen LogP contribution in [0.25, 0.3) is 31.8 Å². The predicted molar refractivity (Wildman–Crippen MR) is 116 cm³/mol. The van der Waals surface area contributed by atoms with E-state index in [-0.39, 0.29) is 45.6 Å². The van der Waals surface area contributed by atoms with Gasteiger partial charge in [0.2, 0.25) is 0 Å². The van der Waals surface area contributed by atoms with Crippen LogP contribution in [-0.2, 0) is 6.42 Å². The maximum absolute atomic E-state index is 15.3. The summed E-state index contributed by atoms with van der Waals surface area (Å²) in [5.74, 6) is -1.41. The number of pyridine rings is 1. The number of phenolic OH excluding ortho intramolecular Hbond substituents is 1. The van der Waals surface area contributed by atoms with Crippen molar-refractivity contribution < 1.29 is 14.3 Å². The normalized spacial score (nSPS) is 17.9. The first kappa shape index (κ1) is 19.8. The molecule has 7 nitrogen and oxygen atoms in total. The molecule has 0 aliphatic heterocycles. The number of fused-ring (bicyclic) bond motifs is 2. The summed E-state index contributed by atoms with van der Waals surface area (Å²) in [6.07, 6.45) is 5.62. The van der Waals surface area contributed by atoms with Crippen LogP contribution in [0, 0.1) is 5.82 Å². The van der Waals surface area contributed by atoms with E-state index in [0.29, 0.717) is 4.88 Å². The summed E-state index contributed by atoms with van der Waals surface area (Å²) in [5, 5.41) is 15.0. The van der Waals surface area contributed by atoms with Gasteiger partial charge in [-0.2, -0.15) is 0 Å². The largest absolute Gasteiger partial charge is 0.505 e. The van der Waals surface area contributed by atoms with Gasteiger partial charge < -0.3 is 9.67 Å². The molecule has 3 aromatic rings. The molecule has 0 radical (unpaired) electrons. The first-order chi connectivity index (χ1) is 14.9. The van der Waals surface area contributed by atoms with Crippen LogP contribution in [0.5, 0.6) is 5.75 Å². The Hall–Kier alpha value is -3.16. The van der Waals surface area contributed by atoms with E-state index < -0.39 is 11.2 Å². The van der Waals surface area contributed by atoms with Gasteiger partial charge in [-0.15, -0.1) is 11.3 Å². The average Bonchev–Trinajstić information content (AvgIpc) is 3.48. The second kappa shape index (κ2) is 7.21. The number of carbonyl (C=O) groups excluding carboxylic acids is 1. The van der Waals surface area contributed by atoms with Crippen LogP contribution in [-0.4, -0.2) is 15.5 Å². The number of hydrogen-bond donors (Lipinski definition) is 1. The first-order valence-corrected chi connectivity index (χ1v) is 11.0. The molecule has 0 spiro atoms. The van der Waals surface area contributed by atoms with E-state index >= 15 is 4.39 Å². The molecule has 0 bridgehead atoms. The standard InChI is InChI=1S/C22H19FN4O3S/c1-10(28)14-9-27(12-5-6-12)19-13(20(14)29)8-15(23)18(21(19)30)17-7-11-3-2-4-16(25-26-24)22(11)31-17/h7-9,12,16,30H,2-6H2,1H3. The molecule has 31 heavy (non-hydrogen) atoms. The number of Topliss-reactive ketones (excluding diaryl/α,β-unsaturated/α-hetero) is 1. The molecule has 1 aromatic carbocycles. The molecule has 0 amide bonds. The van der Waals surface area contributed by atoms with Crippen LogP contribution in [0.4, 0.5) is 4.39 Å². The Kier molecular flexibility index (Phi) is 4.60. The van der Waals surface area contributed by atoms with Gasteiger partial charge in [-0.1, -0.05) is 5.11 Å². The fraction of sp³-hybridized carbons (Fsp3) is 0.364. The fourth-order valence-corrected chi connectivity index (χ4v) is 5.75. The van der Waals surface area contributed by atoms with Crippen LogP contribution in [0.15, 0.2) is 28.2 Å². The van der Waals surface area contributed by atoms with Crippen LogP contribution >= 0.6 is 11.3 Å². The summed E-state index contributed by atoms with van der Waals surface area (Å²) in [5.41, 5.74) is 9.57. The lowest BCUT2D eigenvalue weighted by Crippen LogP contribution is -2.18. The molecule has 0 saturated heterocycles. The van der Waals surface area contributed by atoms with Gasteiger partial charge in [0, 0.05) is 26.9 Å². The molecular weight excluding hydrogens is 419 g/mol. The van der Waals surface area contributed by atoms with Crippen LogP contribution in [0.2, 0.25) is 0 Å². The SMILES string of the molecule is CC(=O)c1cn(C2CC2)c2c(O)c(-c3cc4c(s3)C(N=[N+]=[N-])CCC4)c(F)cc2c1=O. The van der Waals surface area contributed by atoms with E-state index in [1.165, 1.54) is 24.5 Å². The van der Waals surface area contributed by atoms with Gasteiger partial charge in [-0.3, -0.25) is 9.59 Å². The van der Waals surface area contributed by atoms with Crippen molar-refractivity contribution in [3.63, 3.8) is 0 Å². The molecule has 9 heteroatoms. The number of hydrogen-bond acceptors (Lipinski definition) is 5. The molecule has 1 atom stereocenters. The number of azide groups is 1. The molecule has 2 aromatic heterocycles. The van der Waals surface area contributed by atoms with Crippen LogP contribution < -0.4 is 5.43 Å². The number of phenols is 1. The van der Waals surface area contributed by atoms with Gasteiger partial charge in [0.25, 0.3) is 0 Å². The van der Waals surface area contributed by atoms with E-state index in [2.05, 4.69) is 10.0 Å². The number of aromatic nitrogens is 1. The first-order valence-electron chi connectivity index (χ1n) is 10.2. The number of carbonyl (C=O) groups is 1. The molecule has 1 unspecified atom stereocenters. The minimum absolute atomic E-state index is 0.00487. The average molecular weight is 438 g/mol. The van der Waals surface area contributed by atoms with Crippen molar-refractivity contribution in [3.05, 3.63) is 60.8 Å². The highest BCUT2D eigenvalue weighted by Gasteiger charge is 2.30. The minimum atomic E-state index is -0.718. The van der Waals surface area contributed by atoms with Gasteiger partial charge in [-0.05, 0) is 62.3 Å². The van der Waals surface area contributed by atoms with E-state index in [4.69, 9.17) is 5.53 Å². The van der Waals surface area contributed by atoms with Crippen molar-refractivity contribution >= 4 is 28.0 Å². The Morgan fingerprint density at radius 2 is 2.13 bits per heavy atom. The van der Waals surface area contributed by atoms with Crippen molar-refractivity contribution in [1.29, 1.82) is 0 Å². The predicted octanol–water partition coefficient (Wildman–Crippen LogP) is 5.80. The Morgan fingerprint density at radius 1 is 1.35 bits per heavy atom. The second-order valence-electron chi connectivity index (χ2n) is 8.16. The quantitative estimate of drug-likeness (QED) is 0.241. The number of aryl methyl sites for hydroxylation is 1. The number of thiophene rings is 1. The highest BCUT2D eigenvalue weighted by molar-refractivity contribution is 7.15. The third-order valence-electron chi connectivity index (χ3n) is 6.07. The summed E-state index contributed by atoms with van der Waals surface area (Å²) in [7, 11) is 0. The second-order valence-corrected chi connectivity index (χ2v) is 9.24. The van der Waals surface area contributed by atoms with Gasteiger partial charge >= 0.3 is 0 Å². The van der Waals surface area contributed by atoms with Crippen molar-refractivity contribution in [3.8, 4) is 16.2 Å². The molecular formula is C22H19FN4O3S. The molecule has 2 aliphatic carbocycles. The van der Waals surface area contributed by atoms with E-state index in [1.807, 2.05) is 6.07 Å². The Morgan fingerprint density at radius 3 is 2.81 bits per heavy atom. The van der Waals surface area contributed by atoms with E-state index in [0.717, 1.165) is 48.6 Å². The number of rotatable bonds is 4. The Labute approximate surface area is 180 Å². The number of nitrogens with zero attached hydrogens (tertiary/aromatic N) is 4. The van der Waals surface area contributed by atoms with Crippen molar-refractivity contribution in [2.24, 2.45) is 5.11 Å². The monoisotopic (exact) mass is 438 g/mol. The smallest absolute Gasteiger partial charge is 0.200 e. The highest BCUT2D eigenvalue weighted by Crippen LogP contribution is 2.48. The van der Waals surface area contributed by atoms with Crippen molar-refractivity contribution in [1.82, 2.24) is 4.57 Å². The van der Waals surface area contributed by atoms with Crippen molar-refractivity contribution in [2.75, 3.05) is 0 Å². The number of halogens is 1. The summed E-state index contributed by atoms with van der Waals surface area (Å²) >= 11 is 1.31. The molecule has 2 heterocycles. The fourth-order valence-electron chi connectivity index (χ4n) is 4.43. The van der Waals surface area contributed by atoms with Gasteiger partial charge in [-0.25, -0.2) is 4.39 Å². The Balaban J connectivity index is 1.78. The van der Waals surface area contributed by atoms with Crippen molar-refractivity contribution in [2.45, 2.75) is 51.1 Å². The molecule has 5 rings (SSSR count). The number of benzene rings is 1. The summed E-state index contributed by atoms with van der Waals surface area (Å²) in [4.78, 5) is 29.1. The van der Waals surface area contributed by atoms with Gasteiger partial charge in [0.15, 0.2) is 17.0 Å². The lowest BCUT2D eigenvalue weighted by atomic mass is 9.95. The molecule has 2 aliphatic rings. The molecule has 1 saturated carbocycles. The third-order valence-corrected chi connectivity index (χ3v) is 7.36. The summed E-state index contributed by atoms with van der Waals surface area (Å²) in [6.45, 7) is 1.31. The molecule has 158 valence electrons.